The second-order valence-electron chi connectivity index (χ2n) is 7.47. The van der Waals surface area contributed by atoms with Crippen molar-refractivity contribution in [1.29, 1.82) is 0 Å². The molecule has 5 rings (SSSR count). The lowest BCUT2D eigenvalue weighted by Gasteiger charge is -2.37. The molecule has 1 aromatic heterocycles. The minimum Gasteiger partial charge on any atom is -0.368 e. The molecule has 5 heteroatoms. The molecule has 28 heavy (non-hydrogen) atoms. The average Bonchev–Trinajstić information content (AvgIpc) is 3.18. The molecule has 0 unspecified atom stereocenters. The van der Waals surface area contributed by atoms with E-state index in [1.165, 1.54) is 16.9 Å². The summed E-state index contributed by atoms with van der Waals surface area (Å²) in [5, 5.41) is 0. The van der Waals surface area contributed by atoms with Gasteiger partial charge in [-0.15, -0.1) is 0 Å². The van der Waals surface area contributed by atoms with E-state index in [0.29, 0.717) is 0 Å². The van der Waals surface area contributed by atoms with Crippen LogP contribution >= 0.6 is 0 Å². The number of hydrogen-bond acceptors (Lipinski definition) is 5. The summed E-state index contributed by atoms with van der Waals surface area (Å²) >= 11 is 0. The zero-order valence-corrected chi connectivity index (χ0v) is 16.3. The van der Waals surface area contributed by atoms with Crippen LogP contribution in [-0.4, -0.2) is 42.7 Å². The summed E-state index contributed by atoms with van der Waals surface area (Å²) in [5.74, 6) is 2.89. The molecule has 2 aromatic carbocycles. The summed E-state index contributed by atoms with van der Waals surface area (Å²) in [6, 6.07) is 21.5. The van der Waals surface area contributed by atoms with Gasteiger partial charge in [0, 0.05) is 50.2 Å². The highest BCUT2D eigenvalue weighted by molar-refractivity contribution is 5.69. The zero-order chi connectivity index (χ0) is 18.9. The number of hydrogen-bond donors (Lipinski definition) is 0. The fraction of sp³-hybridized carbons (Fsp3) is 0.304. The van der Waals surface area contributed by atoms with Gasteiger partial charge in [-0.1, -0.05) is 36.4 Å². The lowest BCUT2D eigenvalue weighted by Crippen LogP contribution is -2.47. The number of anilines is 4. The minimum absolute atomic E-state index is 0.836. The highest BCUT2D eigenvalue weighted by Gasteiger charge is 2.24. The first-order valence-electron chi connectivity index (χ1n) is 10.0. The molecule has 0 amide bonds. The van der Waals surface area contributed by atoms with Crippen LogP contribution in [0.3, 0.4) is 0 Å². The fourth-order valence-electron chi connectivity index (χ4n) is 4.25. The van der Waals surface area contributed by atoms with E-state index >= 15 is 0 Å². The third-order valence-electron chi connectivity index (χ3n) is 5.70. The summed E-state index contributed by atoms with van der Waals surface area (Å²) < 4.78 is 0. The van der Waals surface area contributed by atoms with Gasteiger partial charge in [0.25, 0.3) is 0 Å². The van der Waals surface area contributed by atoms with E-state index in [1.54, 1.807) is 0 Å². The van der Waals surface area contributed by atoms with E-state index < -0.39 is 0 Å². The summed E-state index contributed by atoms with van der Waals surface area (Å²) in [7, 11) is 0. The molecule has 0 radical (unpaired) electrons. The minimum atomic E-state index is 0.836. The van der Waals surface area contributed by atoms with Crippen molar-refractivity contribution in [2.24, 2.45) is 0 Å². The predicted molar refractivity (Wildman–Crippen MR) is 115 cm³/mol. The molecule has 0 atom stereocenters. The summed E-state index contributed by atoms with van der Waals surface area (Å²) in [5.41, 5.74) is 3.98. The number of benzene rings is 2. The van der Waals surface area contributed by atoms with Crippen LogP contribution in [0.5, 0.6) is 0 Å². The molecule has 0 aliphatic carbocycles. The molecule has 0 N–H and O–H groups in total. The van der Waals surface area contributed by atoms with Crippen LogP contribution in [0.15, 0.2) is 60.7 Å². The average molecular weight is 371 g/mol. The molecular formula is C23H25N5. The lowest BCUT2D eigenvalue weighted by molar-refractivity contribution is 0.645. The van der Waals surface area contributed by atoms with E-state index in [0.717, 1.165) is 56.6 Å². The molecule has 0 saturated carbocycles. The van der Waals surface area contributed by atoms with Gasteiger partial charge in [-0.3, -0.25) is 0 Å². The maximum absolute atomic E-state index is 4.75. The van der Waals surface area contributed by atoms with E-state index in [4.69, 9.17) is 9.97 Å². The summed E-state index contributed by atoms with van der Waals surface area (Å²) in [6.45, 7) is 6.94. The van der Waals surface area contributed by atoms with Crippen molar-refractivity contribution in [3.05, 3.63) is 72.1 Å². The number of piperazine rings is 1. The molecule has 2 aliphatic rings. The van der Waals surface area contributed by atoms with Gasteiger partial charge in [-0.2, -0.15) is 0 Å². The number of aromatic nitrogens is 2. The molecule has 1 saturated heterocycles. The second-order valence-corrected chi connectivity index (χ2v) is 7.47. The molecule has 2 aliphatic heterocycles. The Balaban J connectivity index is 1.36. The Morgan fingerprint density at radius 1 is 0.714 bits per heavy atom. The number of rotatable bonds is 3. The van der Waals surface area contributed by atoms with Crippen molar-refractivity contribution in [3.63, 3.8) is 0 Å². The number of aryl methyl sites for hydroxylation is 1. The largest absolute Gasteiger partial charge is 0.368 e. The van der Waals surface area contributed by atoms with Crippen molar-refractivity contribution < 1.29 is 0 Å². The molecule has 1 fully saturated rings. The third-order valence-corrected chi connectivity index (χ3v) is 5.70. The Morgan fingerprint density at radius 3 is 2.21 bits per heavy atom. The Morgan fingerprint density at radius 2 is 1.39 bits per heavy atom. The van der Waals surface area contributed by atoms with Crippen molar-refractivity contribution in [3.8, 4) is 0 Å². The lowest BCUT2D eigenvalue weighted by atomic mass is 10.2. The first-order chi connectivity index (χ1) is 13.8. The normalized spacial score (nSPS) is 16.4. The summed E-state index contributed by atoms with van der Waals surface area (Å²) in [6.07, 6.45) is 1.07. The van der Waals surface area contributed by atoms with Crippen LogP contribution in [0.25, 0.3) is 0 Å². The first-order valence-corrected chi connectivity index (χ1v) is 10.0. The Hall–Kier alpha value is -3.08. The van der Waals surface area contributed by atoms with Gasteiger partial charge in [-0.25, -0.2) is 9.97 Å². The highest BCUT2D eigenvalue weighted by atomic mass is 15.3. The summed E-state index contributed by atoms with van der Waals surface area (Å²) in [4.78, 5) is 16.7. The van der Waals surface area contributed by atoms with Gasteiger partial charge >= 0.3 is 0 Å². The van der Waals surface area contributed by atoms with E-state index in [9.17, 15) is 0 Å². The Kier molecular flexibility index (Phi) is 4.35. The molecule has 3 aromatic rings. The SMILES string of the molecule is Cc1nc(N2CCN(c3ccccc3)CC2)cc(N2CCc3ccccc32)n1. The monoisotopic (exact) mass is 371 g/mol. The van der Waals surface area contributed by atoms with Crippen molar-refractivity contribution in [2.75, 3.05) is 47.4 Å². The third kappa shape index (κ3) is 3.17. The molecule has 0 spiro atoms. The van der Waals surface area contributed by atoms with Crippen LogP contribution in [0, 0.1) is 6.92 Å². The van der Waals surface area contributed by atoms with Gasteiger partial charge in [0.2, 0.25) is 0 Å². The van der Waals surface area contributed by atoms with Gasteiger partial charge in [0.05, 0.1) is 0 Å². The number of nitrogens with zero attached hydrogens (tertiary/aromatic N) is 5. The molecule has 142 valence electrons. The van der Waals surface area contributed by atoms with Gasteiger partial charge < -0.3 is 14.7 Å². The maximum Gasteiger partial charge on any atom is 0.138 e. The van der Waals surface area contributed by atoms with Gasteiger partial charge in [-0.05, 0) is 37.1 Å². The van der Waals surface area contributed by atoms with Crippen molar-refractivity contribution >= 4 is 23.0 Å². The number of fused-ring (bicyclic) bond motifs is 1. The topological polar surface area (TPSA) is 35.5 Å². The van der Waals surface area contributed by atoms with Crippen LogP contribution in [0.4, 0.5) is 23.0 Å². The van der Waals surface area contributed by atoms with Crippen LogP contribution in [-0.2, 0) is 6.42 Å². The van der Waals surface area contributed by atoms with Gasteiger partial charge in [0.1, 0.15) is 17.5 Å². The first kappa shape index (κ1) is 17.0. The Labute approximate surface area is 166 Å². The van der Waals surface area contributed by atoms with E-state index in [1.807, 2.05) is 6.92 Å². The molecule has 3 heterocycles. The standard InChI is InChI=1S/C23H25N5/c1-18-24-22(27-15-13-26(14-16-27)20-8-3-2-4-9-20)17-23(25-18)28-12-11-19-7-5-6-10-21(19)28/h2-10,17H,11-16H2,1H3. The highest BCUT2D eigenvalue weighted by Crippen LogP contribution is 2.34. The van der Waals surface area contributed by atoms with E-state index in [-0.39, 0.29) is 0 Å². The van der Waals surface area contributed by atoms with Crippen LogP contribution in [0.2, 0.25) is 0 Å². The smallest absolute Gasteiger partial charge is 0.138 e. The zero-order valence-electron chi connectivity index (χ0n) is 16.3. The maximum atomic E-state index is 4.75. The van der Waals surface area contributed by atoms with Crippen molar-refractivity contribution in [1.82, 2.24) is 9.97 Å². The van der Waals surface area contributed by atoms with Crippen molar-refractivity contribution in [2.45, 2.75) is 13.3 Å². The van der Waals surface area contributed by atoms with Crippen LogP contribution < -0.4 is 14.7 Å². The van der Waals surface area contributed by atoms with Crippen LogP contribution in [0.1, 0.15) is 11.4 Å². The quantitative estimate of drug-likeness (QED) is 0.700. The predicted octanol–water partition coefficient (Wildman–Crippen LogP) is 3.81. The van der Waals surface area contributed by atoms with Gasteiger partial charge in [0.15, 0.2) is 0 Å². The number of para-hydroxylation sites is 2. The van der Waals surface area contributed by atoms with E-state index in [2.05, 4.69) is 75.4 Å². The second kappa shape index (κ2) is 7.15. The molecular weight excluding hydrogens is 346 g/mol. The molecule has 5 nitrogen and oxygen atoms in total. The molecule has 0 bridgehead atoms. The Bertz CT molecular complexity index is 964. The fourth-order valence-corrected chi connectivity index (χ4v) is 4.25.